The van der Waals surface area contributed by atoms with Crippen molar-refractivity contribution in [1.29, 1.82) is 0 Å². The molecule has 8 nitrogen and oxygen atoms in total. The molecule has 0 bridgehead atoms. The van der Waals surface area contributed by atoms with E-state index in [1.807, 2.05) is 97.1 Å². The summed E-state index contributed by atoms with van der Waals surface area (Å²) in [7, 11) is 0. The fourth-order valence-corrected chi connectivity index (χ4v) is 6.35. The average Bonchev–Trinajstić information content (AvgIpc) is 3.30. The van der Waals surface area contributed by atoms with Gasteiger partial charge in [0, 0.05) is 49.6 Å². The maximum atomic E-state index is 6.59. The van der Waals surface area contributed by atoms with Crippen molar-refractivity contribution >= 4 is 0 Å². The van der Waals surface area contributed by atoms with Crippen LogP contribution in [-0.2, 0) is 0 Å². The van der Waals surface area contributed by atoms with E-state index in [1.54, 1.807) is 49.6 Å². The van der Waals surface area contributed by atoms with Crippen LogP contribution >= 0.6 is 0 Å². The van der Waals surface area contributed by atoms with Crippen molar-refractivity contribution in [3.8, 4) is 67.5 Å². The van der Waals surface area contributed by atoms with Crippen molar-refractivity contribution in [3.05, 3.63) is 195 Å². The summed E-state index contributed by atoms with van der Waals surface area (Å²) in [6.45, 7) is 1.00. The zero-order valence-electron chi connectivity index (χ0n) is 31.2. The minimum absolute atomic E-state index is 0.251. The topological polar surface area (TPSA) is 88.5 Å². The highest BCUT2D eigenvalue weighted by Crippen LogP contribution is 2.31. The predicted octanol–water partition coefficient (Wildman–Crippen LogP) is 10.5. The first-order chi connectivity index (χ1) is 28.2. The number of nitrogens with zero attached hydrogens (tertiary/aromatic N) is 4. The Labute approximate surface area is 332 Å². The maximum Gasteiger partial charge on any atom is 0.119 e. The molecule has 8 aromatic rings. The molecule has 280 valence electrons. The molecule has 0 N–H and O–H groups in total. The van der Waals surface area contributed by atoms with Gasteiger partial charge in [0.2, 0.25) is 0 Å². The Balaban J connectivity index is 1.06. The molecule has 0 spiro atoms. The Morgan fingerprint density at radius 2 is 0.421 bits per heavy atom. The van der Waals surface area contributed by atoms with Crippen molar-refractivity contribution < 1.29 is 18.9 Å². The van der Waals surface area contributed by atoms with Crippen LogP contribution in [0.2, 0.25) is 0 Å². The maximum absolute atomic E-state index is 6.59. The highest BCUT2D eigenvalue weighted by atomic mass is 16.5. The Kier molecular flexibility index (Phi) is 11.5. The molecule has 4 heterocycles. The number of benzene rings is 4. The number of rotatable bonds is 16. The van der Waals surface area contributed by atoms with E-state index in [1.165, 1.54) is 0 Å². The summed E-state index contributed by atoms with van der Waals surface area (Å²) in [4.78, 5) is 16.6. The van der Waals surface area contributed by atoms with Crippen LogP contribution < -0.4 is 18.9 Å². The lowest BCUT2D eigenvalue weighted by Crippen LogP contribution is -2.45. The zero-order chi connectivity index (χ0) is 38.5. The average molecular weight is 749 g/mol. The third kappa shape index (κ3) is 9.68. The molecule has 0 aliphatic rings. The van der Waals surface area contributed by atoms with Crippen molar-refractivity contribution in [2.45, 2.75) is 0 Å². The van der Waals surface area contributed by atoms with E-state index in [9.17, 15) is 0 Å². The monoisotopic (exact) mass is 748 g/mol. The second-order valence-electron chi connectivity index (χ2n) is 13.7. The predicted molar refractivity (Wildman–Crippen MR) is 223 cm³/mol. The van der Waals surface area contributed by atoms with Crippen LogP contribution in [0.1, 0.15) is 0 Å². The van der Waals surface area contributed by atoms with E-state index < -0.39 is 5.41 Å². The summed E-state index contributed by atoms with van der Waals surface area (Å²) >= 11 is 0. The minimum atomic E-state index is -0.763. The van der Waals surface area contributed by atoms with Crippen molar-refractivity contribution in [2.24, 2.45) is 5.41 Å². The summed E-state index contributed by atoms with van der Waals surface area (Å²) in [6.07, 6.45) is 14.3. The van der Waals surface area contributed by atoms with E-state index in [-0.39, 0.29) is 26.4 Å². The van der Waals surface area contributed by atoms with E-state index in [0.717, 1.165) is 67.5 Å². The minimum Gasteiger partial charge on any atom is -0.493 e. The van der Waals surface area contributed by atoms with Gasteiger partial charge in [-0.2, -0.15) is 0 Å². The van der Waals surface area contributed by atoms with E-state index in [0.29, 0.717) is 0 Å². The lowest BCUT2D eigenvalue weighted by Gasteiger charge is -2.33. The van der Waals surface area contributed by atoms with Gasteiger partial charge in [0.05, 0.1) is 0 Å². The number of hydrogen-bond donors (Lipinski definition) is 0. The van der Waals surface area contributed by atoms with Crippen molar-refractivity contribution in [1.82, 2.24) is 19.9 Å². The van der Waals surface area contributed by atoms with Crippen molar-refractivity contribution in [3.63, 3.8) is 0 Å². The standard InChI is InChI=1S/C49H40N4O4/c1-9-45(10-2-37(1)41-17-25-50-26-18-41)54-33-49(34-55-46-11-3-38(4-12-46)42-19-27-51-28-20-42,35-56-47-13-5-39(6-14-47)43-21-29-52-30-22-43)36-57-48-15-7-40(8-16-48)44-23-31-53-32-24-44/h1-32H,33-36H2. The molecule has 0 aliphatic heterocycles. The molecule has 0 saturated heterocycles. The lowest BCUT2D eigenvalue weighted by atomic mass is 9.92. The molecule has 0 aliphatic carbocycles. The van der Waals surface area contributed by atoms with Crippen molar-refractivity contribution in [2.75, 3.05) is 26.4 Å². The second-order valence-corrected chi connectivity index (χ2v) is 13.7. The first-order valence-electron chi connectivity index (χ1n) is 18.7. The first kappa shape index (κ1) is 36.6. The normalized spacial score (nSPS) is 11.1. The molecule has 8 heteroatoms. The number of hydrogen-bond acceptors (Lipinski definition) is 8. The van der Waals surface area contributed by atoms with Gasteiger partial charge in [-0.05, 0) is 142 Å². The second kappa shape index (κ2) is 17.9. The molecule has 4 aromatic heterocycles. The van der Waals surface area contributed by atoms with Crippen LogP contribution in [0, 0.1) is 5.41 Å². The van der Waals surface area contributed by atoms with E-state index in [2.05, 4.69) is 68.5 Å². The van der Waals surface area contributed by atoms with Gasteiger partial charge >= 0.3 is 0 Å². The Morgan fingerprint density at radius 3 is 0.614 bits per heavy atom. The van der Waals surface area contributed by atoms with Crippen LogP contribution in [0.15, 0.2) is 195 Å². The third-order valence-corrected chi connectivity index (χ3v) is 9.65. The molecule has 0 atom stereocenters. The van der Waals surface area contributed by atoms with Gasteiger partial charge in [-0.15, -0.1) is 0 Å². The fraction of sp³-hybridized carbons (Fsp3) is 0.102. The number of aromatic nitrogens is 4. The summed E-state index contributed by atoms with van der Waals surface area (Å²) < 4.78 is 26.4. The first-order valence-corrected chi connectivity index (χ1v) is 18.7. The fourth-order valence-electron chi connectivity index (χ4n) is 6.35. The molecule has 8 rings (SSSR count). The van der Waals surface area contributed by atoms with Gasteiger partial charge < -0.3 is 18.9 Å². The van der Waals surface area contributed by atoms with E-state index in [4.69, 9.17) is 18.9 Å². The summed E-state index contributed by atoms with van der Waals surface area (Å²) in [5.74, 6) is 2.90. The highest BCUT2D eigenvalue weighted by molar-refractivity contribution is 5.66. The summed E-state index contributed by atoms with van der Waals surface area (Å²) in [6, 6.07) is 48.2. The Bertz CT molecular complexity index is 2060. The number of ether oxygens (including phenoxy) is 4. The summed E-state index contributed by atoms with van der Waals surface area (Å²) in [5.41, 5.74) is 7.88. The van der Waals surface area contributed by atoms with E-state index >= 15 is 0 Å². The van der Waals surface area contributed by atoms with Gasteiger partial charge in [0.1, 0.15) is 54.8 Å². The molecule has 0 amide bonds. The quantitative estimate of drug-likeness (QED) is 0.0965. The van der Waals surface area contributed by atoms with Crippen LogP contribution in [-0.4, -0.2) is 46.4 Å². The van der Waals surface area contributed by atoms with Crippen LogP contribution in [0.5, 0.6) is 23.0 Å². The molecule has 57 heavy (non-hydrogen) atoms. The number of pyridine rings is 4. The molecule has 0 fully saturated rings. The van der Waals surface area contributed by atoms with Crippen LogP contribution in [0.3, 0.4) is 0 Å². The lowest BCUT2D eigenvalue weighted by molar-refractivity contribution is -0.00350. The van der Waals surface area contributed by atoms with Gasteiger partial charge in [-0.1, -0.05) is 48.5 Å². The smallest absolute Gasteiger partial charge is 0.119 e. The van der Waals surface area contributed by atoms with Gasteiger partial charge in [0.15, 0.2) is 0 Å². The van der Waals surface area contributed by atoms with Gasteiger partial charge in [-0.25, -0.2) is 0 Å². The summed E-state index contributed by atoms with van der Waals surface area (Å²) in [5, 5.41) is 0. The molecular weight excluding hydrogens is 709 g/mol. The Morgan fingerprint density at radius 1 is 0.246 bits per heavy atom. The Hall–Kier alpha value is -7.32. The van der Waals surface area contributed by atoms with Gasteiger partial charge in [-0.3, -0.25) is 19.9 Å². The molecule has 0 radical (unpaired) electrons. The van der Waals surface area contributed by atoms with Crippen LogP contribution in [0.25, 0.3) is 44.5 Å². The highest BCUT2D eigenvalue weighted by Gasteiger charge is 2.36. The molecule has 4 aromatic carbocycles. The zero-order valence-corrected chi connectivity index (χ0v) is 31.2. The third-order valence-electron chi connectivity index (χ3n) is 9.65. The largest absolute Gasteiger partial charge is 0.493 e. The molecule has 0 unspecified atom stereocenters. The van der Waals surface area contributed by atoms with Crippen LogP contribution in [0.4, 0.5) is 0 Å². The SMILES string of the molecule is c1cc(-c2ccc(OCC(COc3ccc(-c4ccncc4)cc3)(COc3ccc(-c4ccncc4)cc3)COc3ccc(-c4ccncc4)cc3)cc2)ccn1. The molecular formula is C49H40N4O4. The van der Waals surface area contributed by atoms with Gasteiger partial charge in [0.25, 0.3) is 0 Å². The molecule has 0 saturated carbocycles.